The molecule has 0 aliphatic rings. The highest BCUT2D eigenvalue weighted by molar-refractivity contribution is 4.59. The molecule has 0 heterocycles. The normalized spacial score (nSPS) is 11.0. The smallest absolute Gasteiger partial charge is 0.0589 e. The van der Waals surface area contributed by atoms with Crippen LogP contribution in [-0.4, -0.2) is 22.4 Å². The first-order valence-corrected chi connectivity index (χ1v) is 4.66. The largest absolute Gasteiger partial charge is 0.396 e. The maximum Gasteiger partial charge on any atom is 0.0589 e. The van der Waals surface area contributed by atoms with Crippen LogP contribution in [0.3, 0.4) is 0 Å². The van der Waals surface area contributed by atoms with E-state index in [1.165, 1.54) is 0 Å². The quantitative estimate of drug-likeness (QED) is 0.692. The Kier molecular flexibility index (Phi) is 9.10. The lowest BCUT2D eigenvalue weighted by atomic mass is 10.1. The summed E-state index contributed by atoms with van der Waals surface area (Å²) in [5.41, 5.74) is -0.458. The molecule has 0 radical (unpaired) electrons. The fourth-order valence-corrected chi connectivity index (χ4v) is 0.258. The average Bonchev–Trinajstić information content (AvgIpc) is 1.87. The summed E-state index contributed by atoms with van der Waals surface area (Å²) in [6.45, 7) is 10.1. The Morgan fingerprint density at radius 3 is 1.58 bits per heavy atom. The van der Waals surface area contributed by atoms with Crippen LogP contribution in [0, 0.1) is 5.92 Å². The first kappa shape index (κ1) is 14.4. The van der Waals surface area contributed by atoms with Crippen molar-refractivity contribution in [1.29, 1.82) is 0 Å². The van der Waals surface area contributed by atoms with Crippen molar-refractivity contribution in [2.24, 2.45) is 5.92 Å². The van der Waals surface area contributed by atoms with Gasteiger partial charge in [-0.25, -0.2) is 0 Å². The van der Waals surface area contributed by atoms with Gasteiger partial charge in [-0.15, -0.1) is 0 Å². The van der Waals surface area contributed by atoms with Gasteiger partial charge in [-0.3, -0.25) is 0 Å². The molecule has 0 bridgehead atoms. The molecule has 0 aromatic heterocycles. The van der Waals surface area contributed by atoms with Crippen molar-refractivity contribution in [3.8, 4) is 0 Å². The van der Waals surface area contributed by atoms with Crippen LogP contribution in [0.2, 0.25) is 0 Å². The third kappa shape index (κ3) is 22.5. The Bertz CT molecular complexity index is 82.3. The van der Waals surface area contributed by atoms with Crippen molar-refractivity contribution >= 4 is 0 Å². The van der Waals surface area contributed by atoms with E-state index < -0.39 is 5.60 Å². The van der Waals surface area contributed by atoms with Crippen LogP contribution < -0.4 is 0 Å². The van der Waals surface area contributed by atoms with Gasteiger partial charge in [0.25, 0.3) is 0 Å². The second-order valence-electron chi connectivity index (χ2n) is 4.07. The van der Waals surface area contributed by atoms with E-state index >= 15 is 0 Å². The lowest BCUT2D eigenvalue weighted by molar-refractivity contribution is 0.0765. The second kappa shape index (κ2) is 7.56. The zero-order valence-corrected chi connectivity index (χ0v) is 9.09. The van der Waals surface area contributed by atoms with E-state index in [4.69, 9.17) is 10.2 Å². The SMILES string of the molecule is CC(C)CCO.CCC(C)(C)O. The van der Waals surface area contributed by atoms with Crippen LogP contribution >= 0.6 is 0 Å². The average molecular weight is 176 g/mol. The predicted octanol–water partition coefficient (Wildman–Crippen LogP) is 2.19. The molecule has 0 amide bonds. The van der Waals surface area contributed by atoms with Gasteiger partial charge in [0.2, 0.25) is 0 Å². The molecular formula is C10H24O2. The Balaban J connectivity index is 0. The Hall–Kier alpha value is -0.0800. The van der Waals surface area contributed by atoms with Gasteiger partial charge in [-0.05, 0) is 32.6 Å². The highest BCUT2D eigenvalue weighted by Crippen LogP contribution is 2.03. The first-order chi connectivity index (χ1) is 5.33. The van der Waals surface area contributed by atoms with Crippen LogP contribution in [0.15, 0.2) is 0 Å². The van der Waals surface area contributed by atoms with E-state index in [0.717, 1.165) is 12.8 Å². The molecule has 0 spiro atoms. The van der Waals surface area contributed by atoms with E-state index in [0.29, 0.717) is 12.5 Å². The summed E-state index contributed by atoms with van der Waals surface area (Å²) in [4.78, 5) is 0. The van der Waals surface area contributed by atoms with E-state index in [-0.39, 0.29) is 0 Å². The summed E-state index contributed by atoms with van der Waals surface area (Å²) in [6.07, 6.45) is 1.76. The minimum absolute atomic E-state index is 0.331. The van der Waals surface area contributed by atoms with Crippen LogP contribution in [0.1, 0.15) is 47.5 Å². The lowest BCUT2D eigenvalue weighted by Gasteiger charge is -2.11. The summed E-state index contributed by atoms with van der Waals surface area (Å²) in [5.74, 6) is 0.648. The van der Waals surface area contributed by atoms with Gasteiger partial charge in [0.15, 0.2) is 0 Å². The summed E-state index contributed by atoms with van der Waals surface area (Å²) < 4.78 is 0. The second-order valence-corrected chi connectivity index (χ2v) is 4.07. The number of hydrogen-bond donors (Lipinski definition) is 2. The number of rotatable bonds is 3. The standard InChI is InChI=1S/2C5H12O/c1-5(2)3-4-6;1-4-5(2,3)6/h5-6H,3-4H2,1-2H3;6H,4H2,1-3H3. The van der Waals surface area contributed by atoms with Crippen LogP contribution in [0.25, 0.3) is 0 Å². The molecule has 76 valence electrons. The molecule has 0 fully saturated rings. The molecule has 2 N–H and O–H groups in total. The predicted molar refractivity (Wildman–Crippen MR) is 53.1 cm³/mol. The van der Waals surface area contributed by atoms with Crippen LogP contribution in [-0.2, 0) is 0 Å². The summed E-state index contributed by atoms with van der Waals surface area (Å²) in [7, 11) is 0. The molecule has 12 heavy (non-hydrogen) atoms. The molecule has 0 unspecified atom stereocenters. The molecule has 0 aliphatic heterocycles. The molecule has 0 saturated carbocycles. The Morgan fingerprint density at radius 1 is 1.25 bits per heavy atom. The molecule has 0 aromatic rings. The minimum atomic E-state index is -0.458. The maximum atomic E-state index is 8.83. The number of aliphatic hydroxyl groups excluding tert-OH is 1. The fourth-order valence-electron chi connectivity index (χ4n) is 0.258. The molecule has 0 aromatic carbocycles. The van der Waals surface area contributed by atoms with Crippen LogP contribution in [0.5, 0.6) is 0 Å². The molecule has 0 atom stereocenters. The van der Waals surface area contributed by atoms with E-state index in [1.54, 1.807) is 13.8 Å². The molecule has 2 heteroatoms. The van der Waals surface area contributed by atoms with Gasteiger partial charge in [-0.2, -0.15) is 0 Å². The third-order valence-corrected chi connectivity index (χ3v) is 1.57. The van der Waals surface area contributed by atoms with E-state index in [1.807, 2.05) is 6.92 Å². The monoisotopic (exact) mass is 176 g/mol. The topological polar surface area (TPSA) is 40.5 Å². The molecule has 0 rings (SSSR count). The molecule has 0 saturated heterocycles. The van der Waals surface area contributed by atoms with Crippen LogP contribution in [0.4, 0.5) is 0 Å². The van der Waals surface area contributed by atoms with Gasteiger partial charge >= 0.3 is 0 Å². The van der Waals surface area contributed by atoms with Crippen molar-refractivity contribution < 1.29 is 10.2 Å². The van der Waals surface area contributed by atoms with Crippen molar-refractivity contribution in [3.63, 3.8) is 0 Å². The molecular weight excluding hydrogens is 152 g/mol. The highest BCUT2D eigenvalue weighted by atomic mass is 16.3. The van der Waals surface area contributed by atoms with Gasteiger partial charge in [0.05, 0.1) is 5.60 Å². The number of aliphatic hydroxyl groups is 2. The first-order valence-electron chi connectivity index (χ1n) is 4.66. The highest BCUT2D eigenvalue weighted by Gasteiger charge is 2.05. The van der Waals surface area contributed by atoms with E-state index in [9.17, 15) is 0 Å². The molecule has 2 nitrogen and oxygen atoms in total. The fraction of sp³-hybridized carbons (Fsp3) is 1.00. The zero-order chi connectivity index (χ0) is 10.2. The van der Waals surface area contributed by atoms with Crippen molar-refractivity contribution in [1.82, 2.24) is 0 Å². The molecule has 0 aliphatic carbocycles. The van der Waals surface area contributed by atoms with Crippen molar-refractivity contribution in [2.75, 3.05) is 6.61 Å². The van der Waals surface area contributed by atoms with E-state index in [2.05, 4.69) is 13.8 Å². The lowest BCUT2D eigenvalue weighted by Crippen LogP contribution is -2.15. The van der Waals surface area contributed by atoms with Gasteiger partial charge in [0, 0.05) is 6.61 Å². The number of hydrogen-bond acceptors (Lipinski definition) is 2. The van der Waals surface area contributed by atoms with Gasteiger partial charge in [0.1, 0.15) is 0 Å². The Labute approximate surface area is 76.6 Å². The van der Waals surface area contributed by atoms with Crippen molar-refractivity contribution in [3.05, 3.63) is 0 Å². The van der Waals surface area contributed by atoms with Crippen molar-refractivity contribution in [2.45, 2.75) is 53.1 Å². The minimum Gasteiger partial charge on any atom is -0.396 e. The van der Waals surface area contributed by atoms with Gasteiger partial charge < -0.3 is 10.2 Å². The summed E-state index contributed by atoms with van der Waals surface area (Å²) >= 11 is 0. The maximum absolute atomic E-state index is 8.83. The summed E-state index contributed by atoms with van der Waals surface area (Å²) in [6, 6.07) is 0. The third-order valence-electron chi connectivity index (χ3n) is 1.57. The summed E-state index contributed by atoms with van der Waals surface area (Å²) in [5, 5.41) is 17.1. The Morgan fingerprint density at radius 2 is 1.58 bits per heavy atom. The zero-order valence-electron chi connectivity index (χ0n) is 9.09. The van der Waals surface area contributed by atoms with Gasteiger partial charge in [-0.1, -0.05) is 20.8 Å².